The highest BCUT2D eigenvalue weighted by Crippen LogP contribution is 2.62. The third-order valence-corrected chi connectivity index (χ3v) is 9.20. The molecule has 1 N–H and O–H groups in total. The first-order chi connectivity index (χ1) is 14.1. The van der Waals surface area contributed by atoms with E-state index in [0.717, 1.165) is 42.3 Å². The van der Waals surface area contributed by atoms with Crippen molar-refractivity contribution in [1.82, 2.24) is 0 Å². The normalized spacial score (nSPS) is 33.8. The van der Waals surface area contributed by atoms with Gasteiger partial charge in [-0.1, -0.05) is 62.9 Å². The van der Waals surface area contributed by atoms with Crippen LogP contribution in [0.25, 0.3) is 0 Å². The Morgan fingerprint density at radius 3 is 2.67 bits per heavy atom. The van der Waals surface area contributed by atoms with Crippen LogP contribution in [-0.2, 0) is 4.79 Å². The van der Waals surface area contributed by atoms with E-state index in [0.29, 0.717) is 10.9 Å². The molecule has 4 atom stereocenters. The third-order valence-electron chi connectivity index (χ3n) is 8.96. The van der Waals surface area contributed by atoms with E-state index in [1.54, 1.807) is 11.1 Å². The first kappa shape index (κ1) is 21.9. The number of amides is 1. The Labute approximate surface area is 187 Å². The molecule has 1 aromatic carbocycles. The average Bonchev–Trinajstić information content (AvgIpc) is 2.70. The minimum absolute atomic E-state index is 0.184. The molecule has 0 heterocycles. The Kier molecular flexibility index (Phi) is 5.85. The summed E-state index contributed by atoms with van der Waals surface area (Å²) in [5.41, 5.74) is 5.26. The van der Waals surface area contributed by atoms with Crippen LogP contribution in [0, 0.1) is 35.5 Å². The van der Waals surface area contributed by atoms with Gasteiger partial charge in [-0.05, 0) is 92.7 Å². The smallest absolute Gasteiger partial charge is 0.230 e. The van der Waals surface area contributed by atoms with Crippen molar-refractivity contribution in [2.75, 3.05) is 5.32 Å². The fraction of sp³-hybridized carbons (Fsp3) is 0.667. The summed E-state index contributed by atoms with van der Waals surface area (Å²) in [5, 5.41) is 3.94. The van der Waals surface area contributed by atoms with Crippen LogP contribution in [-0.4, -0.2) is 5.91 Å². The molecule has 3 aliphatic rings. The monoisotopic (exact) mass is 427 g/mol. The molecular weight excluding hydrogens is 390 g/mol. The van der Waals surface area contributed by atoms with Gasteiger partial charge in [-0.25, -0.2) is 0 Å². The van der Waals surface area contributed by atoms with E-state index in [1.807, 2.05) is 25.1 Å². The van der Waals surface area contributed by atoms with E-state index in [-0.39, 0.29) is 16.7 Å². The van der Waals surface area contributed by atoms with E-state index in [4.69, 9.17) is 11.6 Å². The number of fused-ring (bicyclic) bond motifs is 2. The molecule has 3 heteroatoms. The molecule has 0 aliphatic heterocycles. The highest BCUT2D eigenvalue weighted by molar-refractivity contribution is 6.31. The summed E-state index contributed by atoms with van der Waals surface area (Å²) in [6.45, 7) is 11.5. The molecular formula is C27H38ClNO. The lowest BCUT2D eigenvalue weighted by Gasteiger charge is -2.56. The quantitative estimate of drug-likeness (QED) is 0.487. The predicted octanol–water partition coefficient (Wildman–Crippen LogP) is 7.95. The van der Waals surface area contributed by atoms with Gasteiger partial charge in [-0.3, -0.25) is 4.79 Å². The Hall–Kier alpha value is -1.28. The Bertz CT molecular complexity index is 872. The molecule has 1 amide bonds. The number of carbonyl (C=O) groups is 1. The number of hydrogen-bond donors (Lipinski definition) is 1. The van der Waals surface area contributed by atoms with Gasteiger partial charge in [-0.15, -0.1) is 0 Å². The SMILES string of the molecule is Cc1ccc(Cl)cc1NC(=O)[C@]1(C)CCCC2(C)C3=C(CCC21)CC(C(C)C)CC3. The van der Waals surface area contributed by atoms with Crippen LogP contribution < -0.4 is 5.32 Å². The largest absolute Gasteiger partial charge is 0.325 e. The van der Waals surface area contributed by atoms with Gasteiger partial charge in [0.05, 0.1) is 5.41 Å². The number of nitrogens with one attached hydrogen (secondary N) is 1. The summed E-state index contributed by atoms with van der Waals surface area (Å²) < 4.78 is 0. The van der Waals surface area contributed by atoms with Crippen LogP contribution >= 0.6 is 11.6 Å². The molecule has 1 saturated carbocycles. The fourth-order valence-electron chi connectivity index (χ4n) is 7.02. The lowest BCUT2D eigenvalue weighted by molar-refractivity contribution is -0.135. The molecule has 0 radical (unpaired) electrons. The molecule has 30 heavy (non-hydrogen) atoms. The van der Waals surface area contributed by atoms with Crippen molar-refractivity contribution in [3.63, 3.8) is 0 Å². The van der Waals surface area contributed by atoms with E-state index in [9.17, 15) is 4.79 Å². The van der Waals surface area contributed by atoms with Crippen molar-refractivity contribution >= 4 is 23.2 Å². The Morgan fingerprint density at radius 2 is 1.93 bits per heavy atom. The number of anilines is 1. The third kappa shape index (κ3) is 3.64. The summed E-state index contributed by atoms with van der Waals surface area (Å²) in [4.78, 5) is 13.7. The van der Waals surface area contributed by atoms with Crippen molar-refractivity contribution < 1.29 is 4.79 Å². The molecule has 1 aromatic rings. The minimum Gasteiger partial charge on any atom is -0.325 e. The molecule has 4 rings (SSSR count). The van der Waals surface area contributed by atoms with Crippen LogP contribution in [0.15, 0.2) is 29.3 Å². The maximum Gasteiger partial charge on any atom is 0.230 e. The maximum atomic E-state index is 13.7. The van der Waals surface area contributed by atoms with Gasteiger partial charge >= 0.3 is 0 Å². The number of rotatable bonds is 3. The number of halogens is 1. The Balaban J connectivity index is 1.62. The van der Waals surface area contributed by atoms with Gasteiger partial charge in [0.25, 0.3) is 0 Å². The van der Waals surface area contributed by atoms with Crippen LogP contribution in [0.5, 0.6) is 0 Å². The van der Waals surface area contributed by atoms with Crippen LogP contribution in [0.2, 0.25) is 5.02 Å². The van der Waals surface area contributed by atoms with Crippen molar-refractivity contribution in [2.24, 2.45) is 28.6 Å². The maximum absolute atomic E-state index is 13.7. The van der Waals surface area contributed by atoms with E-state index in [2.05, 4.69) is 33.0 Å². The molecule has 3 aliphatic carbocycles. The summed E-state index contributed by atoms with van der Waals surface area (Å²) >= 11 is 6.21. The molecule has 2 nitrogen and oxygen atoms in total. The molecule has 0 aromatic heterocycles. The van der Waals surface area contributed by atoms with E-state index >= 15 is 0 Å². The zero-order valence-electron chi connectivity index (χ0n) is 19.4. The lowest BCUT2D eigenvalue weighted by Crippen LogP contribution is -2.52. The van der Waals surface area contributed by atoms with Gasteiger partial charge in [0, 0.05) is 10.7 Å². The summed E-state index contributed by atoms with van der Waals surface area (Å²) in [7, 11) is 0. The highest BCUT2D eigenvalue weighted by Gasteiger charge is 2.56. The van der Waals surface area contributed by atoms with Gasteiger partial charge in [0.15, 0.2) is 0 Å². The number of hydrogen-bond acceptors (Lipinski definition) is 1. The number of aryl methyl sites for hydroxylation is 1. The molecule has 3 unspecified atom stereocenters. The highest BCUT2D eigenvalue weighted by atomic mass is 35.5. The van der Waals surface area contributed by atoms with Crippen molar-refractivity contribution in [2.45, 2.75) is 86.0 Å². The lowest BCUT2D eigenvalue weighted by atomic mass is 9.48. The molecule has 164 valence electrons. The molecule has 0 spiro atoms. The van der Waals surface area contributed by atoms with Gasteiger partial charge in [0.1, 0.15) is 0 Å². The first-order valence-corrected chi connectivity index (χ1v) is 12.3. The number of carbonyl (C=O) groups excluding carboxylic acids is 1. The zero-order chi connectivity index (χ0) is 21.7. The van der Waals surface area contributed by atoms with Crippen LogP contribution in [0.3, 0.4) is 0 Å². The first-order valence-electron chi connectivity index (χ1n) is 11.9. The summed E-state index contributed by atoms with van der Waals surface area (Å²) in [6.07, 6.45) is 9.56. The van der Waals surface area contributed by atoms with Gasteiger partial charge in [0.2, 0.25) is 5.91 Å². The van der Waals surface area contributed by atoms with Crippen LogP contribution in [0.4, 0.5) is 5.69 Å². The van der Waals surface area contributed by atoms with Crippen molar-refractivity contribution in [3.05, 3.63) is 39.9 Å². The number of benzene rings is 1. The van der Waals surface area contributed by atoms with E-state index in [1.165, 1.54) is 32.1 Å². The second-order valence-corrected chi connectivity index (χ2v) is 11.5. The topological polar surface area (TPSA) is 29.1 Å². The standard InChI is InChI=1S/C27H38ClNO/c1-17(2)19-8-11-22-20(15-19)9-12-24-26(22,4)13-6-14-27(24,5)25(30)29-23-16-21(28)10-7-18(23)3/h7,10,16-17,19,24H,6,8-9,11-15H2,1-5H3,(H,29,30)/t19?,24?,26?,27-/m1/s1. The van der Waals surface area contributed by atoms with Crippen molar-refractivity contribution in [3.8, 4) is 0 Å². The molecule has 0 saturated heterocycles. The van der Waals surface area contributed by atoms with Gasteiger partial charge < -0.3 is 5.32 Å². The second kappa shape index (κ2) is 8.01. The number of allylic oxidation sites excluding steroid dienone is 2. The molecule has 0 bridgehead atoms. The second-order valence-electron chi connectivity index (χ2n) is 11.0. The van der Waals surface area contributed by atoms with Crippen molar-refractivity contribution in [1.29, 1.82) is 0 Å². The zero-order valence-corrected chi connectivity index (χ0v) is 20.2. The van der Waals surface area contributed by atoms with Gasteiger partial charge in [-0.2, -0.15) is 0 Å². The van der Waals surface area contributed by atoms with E-state index < -0.39 is 0 Å². The average molecular weight is 428 g/mol. The fourth-order valence-corrected chi connectivity index (χ4v) is 7.19. The van der Waals surface area contributed by atoms with Crippen LogP contribution in [0.1, 0.15) is 84.6 Å². The molecule has 1 fully saturated rings. The Morgan fingerprint density at radius 1 is 1.17 bits per heavy atom. The predicted molar refractivity (Wildman–Crippen MR) is 127 cm³/mol. The minimum atomic E-state index is -0.324. The summed E-state index contributed by atoms with van der Waals surface area (Å²) in [5.74, 6) is 2.22. The summed E-state index contributed by atoms with van der Waals surface area (Å²) in [6, 6.07) is 5.75.